The first-order chi connectivity index (χ1) is 8.97. The van der Waals surface area contributed by atoms with E-state index >= 15 is 0 Å². The summed E-state index contributed by atoms with van der Waals surface area (Å²) in [6, 6.07) is 4.06. The molecule has 1 amide bonds. The van der Waals surface area contributed by atoms with Gasteiger partial charge in [0, 0.05) is 11.3 Å². The molecular formula is C13H13F3N2O. The minimum Gasteiger partial charge on any atom is -0.267 e. The van der Waals surface area contributed by atoms with Gasteiger partial charge in [-0.25, -0.2) is 5.43 Å². The molecule has 3 nitrogen and oxygen atoms in total. The molecule has 6 heteroatoms. The maximum atomic E-state index is 12.4. The van der Waals surface area contributed by atoms with E-state index in [1.165, 1.54) is 0 Å². The Morgan fingerprint density at radius 1 is 1.11 bits per heavy atom. The molecule has 102 valence electrons. The predicted octanol–water partition coefficient (Wildman–Crippen LogP) is 3.37. The van der Waals surface area contributed by atoms with E-state index in [4.69, 9.17) is 0 Å². The van der Waals surface area contributed by atoms with E-state index in [0.29, 0.717) is 0 Å². The second-order valence-corrected chi connectivity index (χ2v) is 4.40. The van der Waals surface area contributed by atoms with E-state index in [0.717, 1.165) is 55.7 Å². The summed E-state index contributed by atoms with van der Waals surface area (Å²) in [6.45, 7) is 0. The van der Waals surface area contributed by atoms with Crippen molar-refractivity contribution in [1.29, 1.82) is 0 Å². The summed E-state index contributed by atoms with van der Waals surface area (Å²) < 4.78 is 37.1. The van der Waals surface area contributed by atoms with Gasteiger partial charge in [-0.1, -0.05) is 0 Å². The zero-order valence-corrected chi connectivity index (χ0v) is 10.1. The molecule has 2 rings (SSSR count). The number of benzene rings is 1. The minimum absolute atomic E-state index is 0.162. The van der Waals surface area contributed by atoms with Crippen molar-refractivity contribution in [3.8, 4) is 0 Å². The first-order valence-corrected chi connectivity index (χ1v) is 6.00. The third-order valence-corrected chi connectivity index (χ3v) is 2.97. The molecule has 1 saturated carbocycles. The lowest BCUT2D eigenvalue weighted by Gasteiger charge is -2.07. The molecule has 0 heterocycles. The smallest absolute Gasteiger partial charge is 0.267 e. The third kappa shape index (κ3) is 3.56. The number of hydrogen-bond donors (Lipinski definition) is 1. The summed E-state index contributed by atoms with van der Waals surface area (Å²) in [5, 5.41) is 3.97. The largest absolute Gasteiger partial charge is 0.416 e. The number of amides is 1. The van der Waals surface area contributed by atoms with Crippen LogP contribution in [0.1, 0.15) is 41.6 Å². The number of carbonyl (C=O) groups is 1. The number of nitrogens with one attached hydrogen (secondary N) is 1. The number of rotatable bonds is 2. The Hall–Kier alpha value is -1.85. The number of halogens is 3. The molecule has 1 N–H and O–H groups in total. The fourth-order valence-corrected chi connectivity index (χ4v) is 1.90. The minimum atomic E-state index is -4.39. The average molecular weight is 270 g/mol. The SMILES string of the molecule is O=C(NN=C1CCCC1)c1ccc(C(F)(F)F)cc1. The first-order valence-electron chi connectivity index (χ1n) is 6.00. The van der Waals surface area contributed by atoms with Gasteiger partial charge in [0.05, 0.1) is 5.56 Å². The fraction of sp³-hybridized carbons (Fsp3) is 0.385. The van der Waals surface area contributed by atoms with Crippen molar-refractivity contribution in [3.63, 3.8) is 0 Å². The summed E-state index contributed by atoms with van der Waals surface area (Å²) >= 11 is 0. The van der Waals surface area contributed by atoms with Gasteiger partial charge in [0.15, 0.2) is 0 Å². The fourth-order valence-electron chi connectivity index (χ4n) is 1.90. The van der Waals surface area contributed by atoms with Crippen molar-refractivity contribution >= 4 is 11.6 Å². The maximum absolute atomic E-state index is 12.4. The van der Waals surface area contributed by atoms with Crippen molar-refractivity contribution in [2.24, 2.45) is 5.10 Å². The van der Waals surface area contributed by atoms with Gasteiger partial charge in [-0.2, -0.15) is 18.3 Å². The lowest BCUT2D eigenvalue weighted by atomic mass is 10.1. The number of alkyl halides is 3. The standard InChI is InChI=1S/C13H13F3N2O/c14-13(15,16)10-7-5-9(6-8-10)12(19)18-17-11-3-1-2-4-11/h5-8H,1-4H2,(H,18,19). The normalized spacial score (nSPS) is 15.4. The van der Waals surface area contributed by atoms with Crippen LogP contribution >= 0.6 is 0 Å². The molecule has 19 heavy (non-hydrogen) atoms. The van der Waals surface area contributed by atoms with Gasteiger partial charge in [-0.15, -0.1) is 0 Å². The molecule has 1 aliphatic rings. The van der Waals surface area contributed by atoms with Crippen molar-refractivity contribution in [3.05, 3.63) is 35.4 Å². The lowest BCUT2D eigenvalue weighted by molar-refractivity contribution is -0.137. The molecule has 0 aromatic heterocycles. The van der Waals surface area contributed by atoms with E-state index in [2.05, 4.69) is 10.5 Å². The van der Waals surface area contributed by atoms with E-state index < -0.39 is 17.6 Å². The van der Waals surface area contributed by atoms with Gasteiger partial charge in [-0.3, -0.25) is 4.79 Å². The quantitative estimate of drug-likeness (QED) is 0.822. The average Bonchev–Trinajstić information content (AvgIpc) is 2.88. The van der Waals surface area contributed by atoms with Gasteiger partial charge < -0.3 is 0 Å². The van der Waals surface area contributed by atoms with Crippen LogP contribution in [0.15, 0.2) is 29.4 Å². The van der Waals surface area contributed by atoms with E-state index in [-0.39, 0.29) is 5.56 Å². The first kappa shape index (κ1) is 13.6. The molecule has 1 aliphatic carbocycles. The van der Waals surface area contributed by atoms with Crippen LogP contribution in [0.25, 0.3) is 0 Å². The second-order valence-electron chi connectivity index (χ2n) is 4.40. The van der Waals surface area contributed by atoms with Gasteiger partial charge >= 0.3 is 6.18 Å². The number of hydrazone groups is 1. The number of carbonyl (C=O) groups excluding carboxylic acids is 1. The van der Waals surface area contributed by atoms with Crippen LogP contribution in [-0.2, 0) is 6.18 Å². The van der Waals surface area contributed by atoms with Crippen molar-refractivity contribution < 1.29 is 18.0 Å². The molecule has 0 atom stereocenters. The Bertz CT molecular complexity index is 484. The summed E-state index contributed by atoms with van der Waals surface area (Å²) in [5.74, 6) is -0.492. The molecule has 0 radical (unpaired) electrons. The Morgan fingerprint density at radius 3 is 2.21 bits per heavy atom. The second kappa shape index (κ2) is 5.42. The summed E-state index contributed by atoms with van der Waals surface area (Å²) in [7, 11) is 0. The molecular weight excluding hydrogens is 257 g/mol. The monoisotopic (exact) mass is 270 g/mol. The van der Waals surface area contributed by atoms with Gasteiger partial charge in [0.2, 0.25) is 0 Å². The summed E-state index contributed by atoms with van der Waals surface area (Å²) in [6.07, 6.45) is -0.524. The van der Waals surface area contributed by atoms with Crippen LogP contribution in [0.2, 0.25) is 0 Å². The zero-order valence-electron chi connectivity index (χ0n) is 10.1. The van der Waals surface area contributed by atoms with Crippen LogP contribution in [0, 0.1) is 0 Å². The molecule has 0 spiro atoms. The van der Waals surface area contributed by atoms with Crippen molar-refractivity contribution in [2.75, 3.05) is 0 Å². The highest BCUT2D eigenvalue weighted by Crippen LogP contribution is 2.29. The highest BCUT2D eigenvalue weighted by molar-refractivity contribution is 5.95. The zero-order chi connectivity index (χ0) is 13.9. The number of hydrogen-bond acceptors (Lipinski definition) is 2. The maximum Gasteiger partial charge on any atom is 0.416 e. The van der Waals surface area contributed by atoms with Gasteiger partial charge in [0.1, 0.15) is 0 Å². The van der Waals surface area contributed by atoms with Crippen molar-refractivity contribution in [1.82, 2.24) is 5.43 Å². The molecule has 0 aliphatic heterocycles. The lowest BCUT2D eigenvalue weighted by Crippen LogP contribution is -2.19. The van der Waals surface area contributed by atoms with Crippen LogP contribution in [0.5, 0.6) is 0 Å². The Kier molecular flexibility index (Phi) is 3.87. The number of nitrogens with zero attached hydrogens (tertiary/aromatic N) is 1. The highest BCUT2D eigenvalue weighted by atomic mass is 19.4. The van der Waals surface area contributed by atoms with Crippen molar-refractivity contribution in [2.45, 2.75) is 31.9 Å². The van der Waals surface area contributed by atoms with Gasteiger partial charge in [0.25, 0.3) is 5.91 Å². The van der Waals surface area contributed by atoms with Crippen LogP contribution in [-0.4, -0.2) is 11.6 Å². The van der Waals surface area contributed by atoms with Gasteiger partial charge in [-0.05, 0) is 49.9 Å². The van der Waals surface area contributed by atoms with E-state index in [1.807, 2.05) is 0 Å². The van der Waals surface area contributed by atoms with E-state index in [9.17, 15) is 18.0 Å². The molecule has 1 aromatic carbocycles. The molecule has 1 aromatic rings. The topological polar surface area (TPSA) is 41.5 Å². The Morgan fingerprint density at radius 2 is 1.68 bits per heavy atom. The summed E-state index contributed by atoms with van der Waals surface area (Å²) in [5.41, 5.74) is 2.69. The molecule has 0 saturated heterocycles. The van der Waals surface area contributed by atoms with Crippen LogP contribution < -0.4 is 5.43 Å². The molecule has 0 unspecified atom stereocenters. The summed E-state index contributed by atoms with van der Waals surface area (Å²) in [4.78, 5) is 11.7. The molecule has 0 bridgehead atoms. The third-order valence-electron chi connectivity index (χ3n) is 2.97. The Balaban J connectivity index is 2.01. The molecule has 1 fully saturated rings. The predicted molar refractivity (Wildman–Crippen MR) is 64.8 cm³/mol. The highest BCUT2D eigenvalue weighted by Gasteiger charge is 2.30. The van der Waals surface area contributed by atoms with E-state index in [1.54, 1.807) is 0 Å². The van der Waals surface area contributed by atoms with Crippen LogP contribution in [0.4, 0.5) is 13.2 Å². The van der Waals surface area contributed by atoms with Crippen LogP contribution in [0.3, 0.4) is 0 Å². The Labute approximate surface area is 108 Å².